The SMILES string of the molecule is CCCCCN1CCN(C(=O)Nc2ccccc2)C(c2ccccc2)C1. The molecule has 1 N–H and O–H groups in total. The van der Waals surface area contributed by atoms with E-state index in [1.165, 1.54) is 24.8 Å². The number of hydrogen-bond donors (Lipinski definition) is 1. The largest absolute Gasteiger partial charge is 0.322 e. The van der Waals surface area contributed by atoms with Crippen LogP contribution in [0.15, 0.2) is 60.7 Å². The summed E-state index contributed by atoms with van der Waals surface area (Å²) in [6.07, 6.45) is 3.74. The summed E-state index contributed by atoms with van der Waals surface area (Å²) in [5, 5.41) is 3.05. The first kappa shape index (κ1) is 18.5. The van der Waals surface area contributed by atoms with Crippen molar-refractivity contribution in [2.45, 2.75) is 32.2 Å². The van der Waals surface area contributed by atoms with Crippen LogP contribution in [0, 0.1) is 0 Å². The van der Waals surface area contributed by atoms with Crippen molar-refractivity contribution in [1.82, 2.24) is 9.80 Å². The summed E-state index contributed by atoms with van der Waals surface area (Å²) in [6.45, 7) is 5.94. The molecule has 0 saturated carbocycles. The maximum absolute atomic E-state index is 12.9. The molecule has 0 spiro atoms. The van der Waals surface area contributed by atoms with Crippen molar-refractivity contribution in [2.75, 3.05) is 31.5 Å². The minimum Gasteiger partial charge on any atom is -0.315 e. The molecule has 1 unspecified atom stereocenters. The molecule has 1 aliphatic heterocycles. The van der Waals surface area contributed by atoms with E-state index in [9.17, 15) is 4.79 Å². The lowest BCUT2D eigenvalue weighted by atomic mass is 10.0. The summed E-state index contributed by atoms with van der Waals surface area (Å²) < 4.78 is 0. The van der Waals surface area contributed by atoms with Gasteiger partial charge in [-0.2, -0.15) is 0 Å². The van der Waals surface area contributed by atoms with Crippen LogP contribution >= 0.6 is 0 Å². The fourth-order valence-electron chi connectivity index (χ4n) is 3.55. The van der Waals surface area contributed by atoms with Crippen LogP contribution in [0.4, 0.5) is 10.5 Å². The van der Waals surface area contributed by atoms with E-state index in [-0.39, 0.29) is 12.1 Å². The van der Waals surface area contributed by atoms with Crippen molar-refractivity contribution in [3.63, 3.8) is 0 Å². The van der Waals surface area contributed by atoms with Crippen LogP contribution in [0.3, 0.4) is 0 Å². The molecule has 4 heteroatoms. The number of nitrogens with one attached hydrogen (secondary N) is 1. The number of benzene rings is 2. The molecule has 4 nitrogen and oxygen atoms in total. The number of para-hydroxylation sites is 1. The van der Waals surface area contributed by atoms with Gasteiger partial charge < -0.3 is 10.2 Å². The third kappa shape index (κ3) is 4.85. The summed E-state index contributed by atoms with van der Waals surface area (Å²) in [5.74, 6) is 0. The highest BCUT2D eigenvalue weighted by Gasteiger charge is 2.31. The summed E-state index contributed by atoms with van der Waals surface area (Å²) in [5.41, 5.74) is 2.05. The predicted octanol–water partition coefficient (Wildman–Crippen LogP) is 4.77. The van der Waals surface area contributed by atoms with Gasteiger partial charge in [-0.1, -0.05) is 68.3 Å². The van der Waals surface area contributed by atoms with Gasteiger partial charge in [0.15, 0.2) is 0 Å². The van der Waals surface area contributed by atoms with E-state index in [0.29, 0.717) is 0 Å². The first-order valence-corrected chi connectivity index (χ1v) is 9.68. The average molecular weight is 351 g/mol. The molecule has 1 aliphatic rings. The Morgan fingerprint density at radius 3 is 2.38 bits per heavy atom. The van der Waals surface area contributed by atoms with E-state index < -0.39 is 0 Å². The molecule has 1 saturated heterocycles. The quantitative estimate of drug-likeness (QED) is 0.761. The van der Waals surface area contributed by atoms with E-state index in [4.69, 9.17) is 0 Å². The molecule has 1 atom stereocenters. The summed E-state index contributed by atoms with van der Waals surface area (Å²) >= 11 is 0. The van der Waals surface area contributed by atoms with Gasteiger partial charge in [0.1, 0.15) is 0 Å². The van der Waals surface area contributed by atoms with Gasteiger partial charge in [-0.05, 0) is 30.7 Å². The Morgan fingerprint density at radius 1 is 1.00 bits per heavy atom. The van der Waals surface area contributed by atoms with Crippen molar-refractivity contribution in [2.24, 2.45) is 0 Å². The molecule has 2 aromatic carbocycles. The second-order valence-corrected chi connectivity index (χ2v) is 6.92. The van der Waals surface area contributed by atoms with Gasteiger partial charge >= 0.3 is 6.03 Å². The van der Waals surface area contributed by atoms with Gasteiger partial charge in [0.05, 0.1) is 6.04 Å². The molecule has 0 radical (unpaired) electrons. The zero-order chi connectivity index (χ0) is 18.2. The van der Waals surface area contributed by atoms with E-state index in [2.05, 4.69) is 41.4 Å². The molecular formula is C22H29N3O. The van der Waals surface area contributed by atoms with Crippen LogP contribution < -0.4 is 5.32 Å². The van der Waals surface area contributed by atoms with Crippen molar-refractivity contribution >= 4 is 11.7 Å². The molecular weight excluding hydrogens is 322 g/mol. The zero-order valence-electron chi connectivity index (χ0n) is 15.6. The first-order chi connectivity index (χ1) is 12.8. The monoisotopic (exact) mass is 351 g/mol. The lowest BCUT2D eigenvalue weighted by molar-refractivity contribution is 0.0991. The van der Waals surface area contributed by atoms with Crippen LogP contribution in [-0.4, -0.2) is 42.0 Å². The van der Waals surface area contributed by atoms with E-state index in [1.807, 2.05) is 41.3 Å². The zero-order valence-corrected chi connectivity index (χ0v) is 15.6. The number of unbranched alkanes of at least 4 members (excludes halogenated alkanes) is 2. The lowest BCUT2D eigenvalue weighted by Gasteiger charge is -2.41. The average Bonchev–Trinajstić information content (AvgIpc) is 2.69. The van der Waals surface area contributed by atoms with E-state index in [1.54, 1.807) is 0 Å². The number of anilines is 1. The van der Waals surface area contributed by atoms with Gasteiger partial charge in [0.2, 0.25) is 0 Å². The predicted molar refractivity (Wildman–Crippen MR) is 107 cm³/mol. The van der Waals surface area contributed by atoms with Crippen LogP contribution in [0.25, 0.3) is 0 Å². The maximum Gasteiger partial charge on any atom is 0.322 e. The van der Waals surface area contributed by atoms with Crippen LogP contribution in [-0.2, 0) is 0 Å². The Bertz CT molecular complexity index is 674. The van der Waals surface area contributed by atoms with E-state index >= 15 is 0 Å². The van der Waals surface area contributed by atoms with Crippen molar-refractivity contribution in [3.8, 4) is 0 Å². The Hall–Kier alpha value is -2.33. The fourth-order valence-corrected chi connectivity index (χ4v) is 3.55. The van der Waals surface area contributed by atoms with Crippen LogP contribution in [0.5, 0.6) is 0 Å². The minimum absolute atomic E-state index is 0.0155. The minimum atomic E-state index is -0.0155. The Morgan fingerprint density at radius 2 is 1.69 bits per heavy atom. The highest BCUT2D eigenvalue weighted by molar-refractivity contribution is 5.89. The number of nitrogens with zero attached hydrogens (tertiary/aromatic N) is 2. The Kier molecular flexibility index (Phi) is 6.67. The number of piperazine rings is 1. The van der Waals surface area contributed by atoms with Crippen LogP contribution in [0.2, 0.25) is 0 Å². The standard InChI is InChI=1S/C22H29N3O/c1-2-3-10-15-24-16-17-25(21(18-24)19-11-6-4-7-12-19)22(26)23-20-13-8-5-9-14-20/h4-9,11-14,21H,2-3,10,15-18H2,1H3,(H,23,26). The smallest absolute Gasteiger partial charge is 0.315 e. The van der Waals surface area contributed by atoms with Crippen LogP contribution in [0.1, 0.15) is 37.8 Å². The van der Waals surface area contributed by atoms with Crippen molar-refractivity contribution in [1.29, 1.82) is 0 Å². The number of rotatable bonds is 6. The van der Waals surface area contributed by atoms with Crippen molar-refractivity contribution < 1.29 is 4.79 Å². The van der Waals surface area contributed by atoms with Crippen molar-refractivity contribution in [3.05, 3.63) is 66.2 Å². The van der Waals surface area contributed by atoms with Gasteiger partial charge in [0.25, 0.3) is 0 Å². The van der Waals surface area contributed by atoms with Gasteiger partial charge in [-0.15, -0.1) is 0 Å². The maximum atomic E-state index is 12.9. The van der Waals surface area contributed by atoms with Gasteiger partial charge in [0, 0.05) is 25.3 Å². The van der Waals surface area contributed by atoms with E-state index in [0.717, 1.165) is 31.9 Å². The second kappa shape index (κ2) is 9.39. The molecule has 2 amide bonds. The number of hydrogen-bond acceptors (Lipinski definition) is 2. The number of carbonyl (C=O) groups is 1. The molecule has 26 heavy (non-hydrogen) atoms. The molecule has 0 aromatic heterocycles. The highest BCUT2D eigenvalue weighted by Crippen LogP contribution is 2.26. The number of amides is 2. The first-order valence-electron chi connectivity index (χ1n) is 9.68. The third-order valence-electron chi connectivity index (χ3n) is 5.01. The summed E-state index contributed by atoms with van der Waals surface area (Å²) in [7, 11) is 0. The molecule has 1 fully saturated rings. The normalized spacial score (nSPS) is 17.9. The van der Waals surface area contributed by atoms with Gasteiger partial charge in [-0.25, -0.2) is 4.79 Å². The lowest BCUT2D eigenvalue weighted by Crippen LogP contribution is -2.52. The Balaban J connectivity index is 1.71. The highest BCUT2D eigenvalue weighted by atomic mass is 16.2. The fraction of sp³-hybridized carbons (Fsp3) is 0.409. The molecule has 2 aromatic rings. The second-order valence-electron chi connectivity index (χ2n) is 6.92. The number of urea groups is 1. The summed E-state index contributed by atoms with van der Waals surface area (Å²) in [4.78, 5) is 17.4. The molecule has 1 heterocycles. The Labute approximate surface area is 156 Å². The molecule has 0 aliphatic carbocycles. The summed E-state index contributed by atoms with van der Waals surface area (Å²) in [6, 6.07) is 20.2. The molecule has 138 valence electrons. The third-order valence-corrected chi connectivity index (χ3v) is 5.01. The number of carbonyl (C=O) groups excluding carboxylic acids is 1. The van der Waals surface area contributed by atoms with Gasteiger partial charge in [-0.3, -0.25) is 4.90 Å². The topological polar surface area (TPSA) is 35.6 Å². The molecule has 0 bridgehead atoms. The molecule has 3 rings (SSSR count).